The third-order valence-electron chi connectivity index (χ3n) is 8.42. The van der Waals surface area contributed by atoms with Crippen LogP contribution in [-0.4, -0.2) is 54.9 Å². The number of amides is 2. The monoisotopic (exact) mass is 424 g/mol. The summed E-state index contributed by atoms with van der Waals surface area (Å²) in [5.41, 5.74) is 2.93. The number of unbranched alkanes of at least 4 members (excludes halogenated alkanes) is 2. The van der Waals surface area contributed by atoms with Crippen LogP contribution < -0.4 is 4.74 Å². The Labute approximate surface area is 186 Å². The molecule has 5 heteroatoms. The summed E-state index contributed by atoms with van der Waals surface area (Å²) < 4.78 is 5.64. The van der Waals surface area contributed by atoms with Crippen molar-refractivity contribution >= 4 is 11.8 Å². The van der Waals surface area contributed by atoms with E-state index >= 15 is 0 Å². The number of likely N-dealkylation sites (tertiary alicyclic amines) is 2. The van der Waals surface area contributed by atoms with Crippen molar-refractivity contribution in [3.05, 3.63) is 29.3 Å². The van der Waals surface area contributed by atoms with E-state index in [1.165, 1.54) is 36.9 Å². The number of methoxy groups -OCH3 is 1. The predicted octanol–water partition coefficient (Wildman–Crippen LogP) is 4.15. The Hall–Kier alpha value is -1.88. The fourth-order valence-corrected chi connectivity index (χ4v) is 6.87. The minimum absolute atomic E-state index is 0.0137. The van der Waals surface area contributed by atoms with E-state index in [0.717, 1.165) is 56.9 Å². The van der Waals surface area contributed by atoms with Crippen LogP contribution in [0.5, 0.6) is 5.75 Å². The van der Waals surface area contributed by atoms with E-state index in [-0.39, 0.29) is 17.2 Å². The molecular weight excluding hydrogens is 388 g/mol. The molecule has 168 valence electrons. The van der Waals surface area contributed by atoms with E-state index in [4.69, 9.17) is 4.74 Å². The second-order valence-corrected chi connectivity index (χ2v) is 10.4. The van der Waals surface area contributed by atoms with Gasteiger partial charge in [0, 0.05) is 44.0 Å². The predicted molar refractivity (Wildman–Crippen MR) is 120 cm³/mol. The summed E-state index contributed by atoms with van der Waals surface area (Å²) in [6.07, 6.45) is 10.00. The number of carbonyl (C=O) groups excluding carboxylic acids is 2. The van der Waals surface area contributed by atoms with Crippen LogP contribution in [-0.2, 0) is 16.0 Å². The van der Waals surface area contributed by atoms with Crippen LogP contribution in [0.2, 0.25) is 0 Å². The normalized spacial score (nSPS) is 27.2. The number of imide groups is 1. The lowest BCUT2D eigenvalue weighted by atomic mass is 9.76. The third kappa shape index (κ3) is 4.02. The summed E-state index contributed by atoms with van der Waals surface area (Å²) in [5, 5.41) is 0. The number of nitrogens with zero attached hydrogens (tertiary/aromatic N) is 2. The molecule has 5 rings (SSSR count). The molecule has 2 aliphatic heterocycles. The number of carbonyl (C=O) groups is 2. The average molecular weight is 425 g/mol. The maximum absolute atomic E-state index is 12.6. The number of piperidine rings is 1. The van der Waals surface area contributed by atoms with Crippen LogP contribution in [0.25, 0.3) is 0 Å². The Morgan fingerprint density at radius 3 is 2.48 bits per heavy atom. The number of rotatable bonds is 7. The zero-order valence-corrected chi connectivity index (χ0v) is 18.9. The molecule has 0 aromatic heterocycles. The van der Waals surface area contributed by atoms with Crippen LogP contribution in [0.4, 0.5) is 0 Å². The Morgan fingerprint density at radius 1 is 1.00 bits per heavy atom. The van der Waals surface area contributed by atoms with E-state index in [9.17, 15) is 9.59 Å². The molecule has 31 heavy (non-hydrogen) atoms. The summed E-state index contributed by atoms with van der Waals surface area (Å²) in [6, 6.07) is 6.47. The molecule has 2 atom stereocenters. The van der Waals surface area contributed by atoms with Gasteiger partial charge in [0.05, 0.1) is 7.11 Å². The zero-order chi connectivity index (χ0) is 21.4. The molecule has 2 saturated heterocycles. The molecule has 2 amide bonds. The van der Waals surface area contributed by atoms with Crippen molar-refractivity contribution in [3.63, 3.8) is 0 Å². The lowest BCUT2D eigenvalue weighted by Crippen LogP contribution is -2.47. The molecule has 1 saturated carbocycles. The molecule has 1 spiro atoms. The maximum Gasteiger partial charge on any atom is 0.229 e. The molecule has 4 aliphatic rings. The second kappa shape index (κ2) is 8.57. The first-order valence-corrected chi connectivity index (χ1v) is 12.3. The topological polar surface area (TPSA) is 49.9 Å². The highest BCUT2D eigenvalue weighted by Crippen LogP contribution is 2.48. The molecule has 2 heterocycles. The van der Waals surface area contributed by atoms with Gasteiger partial charge in [0.25, 0.3) is 0 Å². The lowest BCUT2D eigenvalue weighted by Gasteiger charge is -2.37. The Bertz CT molecular complexity index is 825. The first-order valence-electron chi connectivity index (χ1n) is 12.3. The highest BCUT2D eigenvalue weighted by Gasteiger charge is 2.45. The lowest BCUT2D eigenvalue weighted by molar-refractivity contribution is -0.153. The SMILES string of the molecule is COc1cccc2c1C1CN(CCCCCN3C(=O)CC4(CCCC4)CC3=O)CC1C2. The second-order valence-electron chi connectivity index (χ2n) is 10.4. The van der Waals surface area contributed by atoms with E-state index < -0.39 is 0 Å². The number of hydrogen-bond acceptors (Lipinski definition) is 4. The van der Waals surface area contributed by atoms with Gasteiger partial charge in [-0.2, -0.15) is 0 Å². The zero-order valence-electron chi connectivity index (χ0n) is 18.9. The molecule has 1 aromatic carbocycles. The van der Waals surface area contributed by atoms with Gasteiger partial charge in [0.2, 0.25) is 11.8 Å². The van der Waals surface area contributed by atoms with Crippen LogP contribution in [0.3, 0.4) is 0 Å². The van der Waals surface area contributed by atoms with Crippen molar-refractivity contribution < 1.29 is 14.3 Å². The number of hydrogen-bond donors (Lipinski definition) is 0. The first-order chi connectivity index (χ1) is 15.1. The molecule has 5 nitrogen and oxygen atoms in total. The van der Waals surface area contributed by atoms with Crippen molar-refractivity contribution in [1.82, 2.24) is 9.80 Å². The summed E-state index contributed by atoms with van der Waals surface area (Å²) in [7, 11) is 1.78. The fourth-order valence-electron chi connectivity index (χ4n) is 6.87. The largest absolute Gasteiger partial charge is 0.496 e. The summed E-state index contributed by atoms with van der Waals surface area (Å²) in [4.78, 5) is 29.3. The third-order valence-corrected chi connectivity index (χ3v) is 8.42. The molecule has 2 unspecified atom stereocenters. The highest BCUT2D eigenvalue weighted by atomic mass is 16.5. The van der Waals surface area contributed by atoms with Crippen LogP contribution in [0.1, 0.15) is 74.8 Å². The minimum Gasteiger partial charge on any atom is -0.496 e. The Morgan fingerprint density at radius 2 is 1.74 bits per heavy atom. The number of benzene rings is 1. The van der Waals surface area contributed by atoms with Gasteiger partial charge in [-0.3, -0.25) is 14.5 Å². The number of fused-ring (bicyclic) bond motifs is 3. The van der Waals surface area contributed by atoms with Crippen molar-refractivity contribution in [1.29, 1.82) is 0 Å². The minimum atomic E-state index is 0.0137. The van der Waals surface area contributed by atoms with E-state index in [1.807, 2.05) is 0 Å². The van der Waals surface area contributed by atoms with Gasteiger partial charge in [-0.25, -0.2) is 0 Å². The van der Waals surface area contributed by atoms with Gasteiger partial charge in [-0.15, -0.1) is 0 Å². The standard InChI is InChI=1S/C26H36N2O3/c1-31-22-9-7-8-19-14-20-17-27(18-21(20)25(19)22)12-5-2-6-13-28-23(29)15-26(16-24(28)30)10-3-4-11-26/h7-9,20-21H,2-6,10-18H2,1H3. The van der Waals surface area contributed by atoms with Crippen molar-refractivity contribution in [2.75, 3.05) is 33.3 Å². The van der Waals surface area contributed by atoms with Gasteiger partial charge in [-0.1, -0.05) is 31.4 Å². The highest BCUT2D eigenvalue weighted by molar-refractivity contribution is 5.98. The maximum atomic E-state index is 12.6. The molecular formula is C26H36N2O3. The Balaban J connectivity index is 1.05. The van der Waals surface area contributed by atoms with Gasteiger partial charge in [0.15, 0.2) is 0 Å². The number of ether oxygens (including phenoxy) is 1. The summed E-state index contributed by atoms with van der Waals surface area (Å²) >= 11 is 0. The molecule has 3 fully saturated rings. The molecule has 0 bridgehead atoms. The van der Waals surface area contributed by atoms with Crippen LogP contribution >= 0.6 is 0 Å². The van der Waals surface area contributed by atoms with Gasteiger partial charge in [0.1, 0.15) is 5.75 Å². The first kappa shape index (κ1) is 21.0. The molecule has 1 aromatic rings. The van der Waals surface area contributed by atoms with E-state index in [0.29, 0.717) is 25.3 Å². The van der Waals surface area contributed by atoms with Gasteiger partial charge >= 0.3 is 0 Å². The van der Waals surface area contributed by atoms with Crippen molar-refractivity contribution in [2.45, 2.75) is 70.1 Å². The van der Waals surface area contributed by atoms with Crippen LogP contribution in [0, 0.1) is 11.3 Å². The summed E-state index contributed by atoms with van der Waals surface area (Å²) in [5.74, 6) is 2.55. The van der Waals surface area contributed by atoms with Gasteiger partial charge in [-0.05, 0) is 61.6 Å². The molecule has 2 aliphatic carbocycles. The fraction of sp³-hybridized carbons (Fsp3) is 0.692. The molecule has 0 radical (unpaired) electrons. The van der Waals surface area contributed by atoms with E-state index in [1.54, 1.807) is 12.0 Å². The molecule has 0 N–H and O–H groups in total. The smallest absolute Gasteiger partial charge is 0.229 e. The van der Waals surface area contributed by atoms with Gasteiger partial charge < -0.3 is 9.64 Å². The van der Waals surface area contributed by atoms with Crippen molar-refractivity contribution in [2.24, 2.45) is 11.3 Å². The van der Waals surface area contributed by atoms with E-state index in [2.05, 4.69) is 23.1 Å². The van der Waals surface area contributed by atoms with Crippen LogP contribution in [0.15, 0.2) is 18.2 Å². The Kier molecular flexibility index (Phi) is 5.80. The average Bonchev–Trinajstić information content (AvgIpc) is 3.44. The quantitative estimate of drug-likeness (QED) is 0.487. The summed E-state index contributed by atoms with van der Waals surface area (Å²) in [6.45, 7) is 4.03. The van der Waals surface area contributed by atoms with Crippen molar-refractivity contribution in [3.8, 4) is 5.75 Å².